The van der Waals surface area contributed by atoms with E-state index in [2.05, 4.69) is 6.92 Å². The van der Waals surface area contributed by atoms with Crippen molar-refractivity contribution in [3.05, 3.63) is 65.5 Å². The van der Waals surface area contributed by atoms with Crippen LogP contribution in [0.3, 0.4) is 0 Å². The number of benzene rings is 2. The van der Waals surface area contributed by atoms with Crippen LogP contribution >= 0.6 is 11.8 Å². The number of hydrogen-bond donors (Lipinski definition) is 0. The Labute approximate surface area is 110 Å². The summed E-state index contributed by atoms with van der Waals surface area (Å²) in [6.45, 7) is 2.09. The van der Waals surface area contributed by atoms with Crippen molar-refractivity contribution in [1.82, 2.24) is 0 Å². The Morgan fingerprint density at radius 2 is 1.50 bits per heavy atom. The van der Waals surface area contributed by atoms with E-state index in [1.165, 1.54) is 24.3 Å². The molecule has 0 saturated carbocycles. The molecule has 2 aromatic carbocycles. The van der Waals surface area contributed by atoms with Gasteiger partial charge in [0.1, 0.15) is 5.82 Å². The number of carbonyl (C=O) groups is 1. The van der Waals surface area contributed by atoms with Gasteiger partial charge in [0.05, 0.1) is 0 Å². The van der Waals surface area contributed by atoms with E-state index >= 15 is 0 Å². The van der Waals surface area contributed by atoms with E-state index in [0.717, 1.165) is 10.6 Å². The predicted molar refractivity (Wildman–Crippen MR) is 72.7 cm³/mol. The number of hydrogen-bond acceptors (Lipinski definition) is 2. The molecule has 0 unspecified atom stereocenters. The van der Waals surface area contributed by atoms with Gasteiger partial charge in [-0.15, -0.1) is 11.8 Å². The topological polar surface area (TPSA) is 17.1 Å². The minimum atomic E-state index is -0.332. The van der Waals surface area contributed by atoms with Crippen LogP contribution in [0, 0.1) is 5.82 Å². The fraction of sp³-hybridized carbons (Fsp3) is 0.133. The second kappa shape index (κ2) is 5.83. The zero-order valence-corrected chi connectivity index (χ0v) is 10.8. The van der Waals surface area contributed by atoms with Gasteiger partial charge in [-0.1, -0.05) is 6.92 Å². The molecule has 0 fully saturated rings. The molecule has 2 aromatic rings. The van der Waals surface area contributed by atoms with Crippen LogP contribution in [0.1, 0.15) is 22.8 Å². The maximum Gasteiger partial charge on any atom is 0.193 e. The zero-order valence-electron chi connectivity index (χ0n) is 10.0. The van der Waals surface area contributed by atoms with Crippen molar-refractivity contribution in [1.29, 1.82) is 0 Å². The van der Waals surface area contributed by atoms with Gasteiger partial charge in [-0.25, -0.2) is 4.39 Å². The fourth-order valence-corrected chi connectivity index (χ4v) is 2.30. The Bertz CT molecular complexity index is 531. The minimum Gasteiger partial charge on any atom is -0.289 e. The van der Waals surface area contributed by atoms with Gasteiger partial charge >= 0.3 is 0 Å². The summed E-state index contributed by atoms with van der Waals surface area (Å²) in [5.41, 5.74) is 1.13. The van der Waals surface area contributed by atoms with Crippen molar-refractivity contribution in [2.24, 2.45) is 0 Å². The number of rotatable bonds is 4. The molecule has 0 aromatic heterocycles. The number of halogens is 1. The number of carbonyl (C=O) groups excluding carboxylic acids is 1. The lowest BCUT2D eigenvalue weighted by molar-refractivity contribution is 0.103. The summed E-state index contributed by atoms with van der Waals surface area (Å²) in [4.78, 5) is 13.2. The molecule has 0 aliphatic rings. The van der Waals surface area contributed by atoms with Crippen LogP contribution in [-0.4, -0.2) is 11.5 Å². The molecular formula is C15H13FOS. The molecule has 18 heavy (non-hydrogen) atoms. The van der Waals surface area contributed by atoms with Crippen molar-refractivity contribution in [3.8, 4) is 0 Å². The first-order chi connectivity index (χ1) is 8.70. The molecule has 0 aliphatic carbocycles. The lowest BCUT2D eigenvalue weighted by Crippen LogP contribution is -2.00. The van der Waals surface area contributed by atoms with Crippen LogP contribution in [0.15, 0.2) is 53.4 Å². The van der Waals surface area contributed by atoms with Gasteiger partial charge in [-0.2, -0.15) is 0 Å². The van der Waals surface area contributed by atoms with Crippen molar-refractivity contribution < 1.29 is 9.18 Å². The van der Waals surface area contributed by atoms with Gasteiger partial charge in [0.2, 0.25) is 0 Å². The van der Waals surface area contributed by atoms with Crippen LogP contribution < -0.4 is 0 Å². The molecule has 0 spiro atoms. The van der Waals surface area contributed by atoms with Crippen molar-refractivity contribution in [3.63, 3.8) is 0 Å². The minimum absolute atomic E-state index is 0.0805. The normalized spacial score (nSPS) is 10.3. The summed E-state index contributed by atoms with van der Waals surface area (Å²) < 4.78 is 12.8. The Morgan fingerprint density at radius 3 is 2.00 bits per heavy atom. The van der Waals surface area contributed by atoms with Crippen molar-refractivity contribution >= 4 is 17.5 Å². The van der Waals surface area contributed by atoms with Crippen molar-refractivity contribution in [2.75, 3.05) is 5.75 Å². The summed E-state index contributed by atoms with van der Waals surface area (Å²) in [6, 6.07) is 13.1. The van der Waals surface area contributed by atoms with E-state index in [0.29, 0.717) is 11.1 Å². The third-order valence-corrected chi connectivity index (χ3v) is 3.43. The maximum absolute atomic E-state index is 12.8. The SMILES string of the molecule is CCSc1ccc(C(=O)c2ccc(F)cc2)cc1. The average Bonchev–Trinajstić information content (AvgIpc) is 2.40. The smallest absolute Gasteiger partial charge is 0.193 e. The fourth-order valence-electron chi connectivity index (χ4n) is 1.64. The van der Waals surface area contributed by atoms with Crippen LogP contribution in [0.4, 0.5) is 4.39 Å². The second-order valence-corrected chi connectivity index (χ2v) is 5.13. The summed E-state index contributed by atoms with van der Waals surface area (Å²) in [7, 11) is 0. The highest BCUT2D eigenvalue weighted by Gasteiger charge is 2.08. The molecule has 0 aliphatic heterocycles. The Balaban J connectivity index is 2.20. The summed E-state index contributed by atoms with van der Waals surface area (Å²) in [5, 5.41) is 0. The van der Waals surface area contributed by atoms with E-state index in [9.17, 15) is 9.18 Å². The first-order valence-corrected chi connectivity index (χ1v) is 6.72. The molecule has 0 radical (unpaired) electrons. The largest absolute Gasteiger partial charge is 0.289 e. The van der Waals surface area contributed by atoms with Crippen LogP contribution in [0.2, 0.25) is 0 Å². The molecule has 0 atom stereocenters. The first-order valence-electron chi connectivity index (χ1n) is 5.74. The molecule has 92 valence electrons. The molecule has 2 rings (SSSR count). The zero-order chi connectivity index (χ0) is 13.0. The Morgan fingerprint density at radius 1 is 1.00 bits per heavy atom. The molecule has 0 bridgehead atoms. The van der Waals surface area contributed by atoms with Gasteiger partial charge in [-0.05, 0) is 54.3 Å². The van der Waals surface area contributed by atoms with E-state index < -0.39 is 0 Å². The van der Waals surface area contributed by atoms with Crippen LogP contribution in [0.25, 0.3) is 0 Å². The van der Waals surface area contributed by atoms with Gasteiger partial charge in [0, 0.05) is 16.0 Å². The van der Waals surface area contributed by atoms with E-state index in [1.54, 1.807) is 11.8 Å². The highest BCUT2D eigenvalue weighted by atomic mass is 32.2. The third-order valence-electron chi connectivity index (χ3n) is 2.53. The third kappa shape index (κ3) is 2.99. The Kier molecular flexibility index (Phi) is 4.15. The molecule has 0 N–H and O–H groups in total. The lowest BCUT2D eigenvalue weighted by Gasteiger charge is -2.03. The van der Waals surface area contributed by atoms with Crippen LogP contribution in [-0.2, 0) is 0 Å². The number of ketones is 1. The van der Waals surface area contributed by atoms with Crippen LogP contribution in [0.5, 0.6) is 0 Å². The standard InChI is InChI=1S/C15H13FOS/c1-2-18-14-9-5-12(6-10-14)15(17)11-3-7-13(16)8-4-11/h3-10H,2H2,1H3. The van der Waals surface area contributed by atoms with E-state index in [4.69, 9.17) is 0 Å². The predicted octanol–water partition coefficient (Wildman–Crippen LogP) is 4.17. The molecular weight excluding hydrogens is 247 g/mol. The highest BCUT2D eigenvalue weighted by Crippen LogP contribution is 2.19. The summed E-state index contributed by atoms with van der Waals surface area (Å²) in [6.07, 6.45) is 0. The first kappa shape index (κ1) is 12.8. The molecule has 0 amide bonds. The van der Waals surface area contributed by atoms with E-state index in [1.807, 2.05) is 24.3 Å². The highest BCUT2D eigenvalue weighted by molar-refractivity contribution is 7.99. The van der Waals surface area contributed by atoms with Gasteiger partial charge in [0.25, 0.3) is 0 Å². The lowest BCUT2D eigenvalue weighted by atomic mass is 10.0. The molecule has 1 nitrogen and oxygen atoms in total. The summed E-state index contributed by atoms with van der Waals surface area (Å²) in [5.74, 6) is 0.593. The molecule has 0 heterocycles. The maximum atomic E-state index is 12.8. The second-order valence-electron chi connectivity index (χ2n) is 3.79. The van der Waals surface area contributed by atoms with Gasteiger partial charge < -0.3 is 0 Å². The quantitative estimate of drug-likeness (QED) is 0.606. The summed E-state index contributed by atoms with van der Waals surface area (Å²) >= 11 is 1.73. The van der Waals surface area contributed by atoms with Crippen molar-refractivity contribution in [2.45, 2.75) is 11.8 Å². The van der Waals surface area contributed by atoms with Gasteiger partial charge in [-0.3, -0.25) is 4.79 Å². The Hall–Kier alpha value is -1.61. The number of thioether (sulfide) groups is 1. The molecule has 0 saturated heterocycles. The molecule has 3 heteroatoms. The van der Waals surface area contributed by atoms with Gasteiger partial charge in [0.15, 0.2) is 5.78 Å². The average molecular weight is 260 g/mol. The monoisotopic (exact) mass is 260 g/mol. The van der Waals surface area contributed by atoms with E-state index in [-0.39, 0.29) is 11.6 Å².